The summed E-state index contributed by atoms with van der Waals surface area (Å²) in [5.41, 5.74) is 17.1. The molecular formula is C71H64N2O2Si3. The molecule has 0 amide bonds. The van der Waals surface area contributed by atoms with Crippen LogP contribution in [0, 0.1) is 6.92 Å². The zero-order chi connectivity index (χ0) is 53.6. The molecule has 0 aliphatic heterocycles. The van der Waals surface area contributed by atoms with Crippen molar-refractivity contribution in [2.45, 2.75) is 70.5 Å². The SMILES string of the molecule is Cc1ccc(N(c2ccc3c4c(c5ccccc5c3c2)-c2ccc3cc(N(c5ccc([Si](C)(C)C)cc5)c5cccc6c5oc5ccccc56)ccc3c2C4([Si](C)(C)C)[Si](C)(C)C)c2cccc3c2oc2ccccc23)cc1. The highest BCUT2D eigenvalue weighted by atomic mass is 28.4. The van der Waals surface area contributed by atoms with Gasteiger partial charge in [0, 0.05) is 49.0 Å². The molecule has 1 aliphatic rings. The minimum absolute atomic E-state index is 0.168. The van der Waals surface area contributed by atoms with Gasteiger partial charge in [0.1, 0.15) is 11.2 Å². The molecule has 0 N–H and O–H groups in total. The topological polar surface area (TPSA) is 32.8 Å². The van der Waals surface area contributed by atoms with Gasteiger partial charge >= 0.3 is 0 Å². The minimum atomic E-state index is -2.22. The molecule has 13 aromatic rings. The highest BCUT2D eigenvalue weighted by Crippen LogP contribution is 2.63. The number of aryl methyl sites for hydroxylation is 1. The van der Waals surface area contributed by atoms with Gasteiger partial charge in [-0.15, -0.1) is 0 Å². The molecule has 0 radical (unpaired) electrons. The van der Waals surface area contributed by atoms with Crippen molar-refractivity contribution < 1.29 is 8.83 Å². The molecule has 0 fully saturated rings. The number of furan rings is 2. The summed E-state index contributed by atoms with van der Waals surface area (Å²) in [6, 6.07) is 77.1. The highest BCUT2D eigenvalue weighted by molar-refractivity contribution is 7.00. The lowest BCUT2D eigenvalue weighted by molar-refractivity contribution is 0.668. The van der Waals surface area contributed by atoms with E-state index in [9.17, 15) is 0 Å². The highest BCUT2D eigenvalue weighted by Gasteiger charge is 2.60. The molecule has 0 atom stereocenters. The molecule has 4 nitrogen and oxygen atoms in total. The Labute approximate surface area is 460 Å². The van der Waals surface area contributed by atoms with E-state index in [0.717, 1.165) is 78.0 Å². The molecule has 0 spiro atoms. The summed E-state index contributed by atoms with van der Waals surface area (Å²) in [6.07, 6.45) is 0. The number of para-hydroxylation sites is 4. The largest absolute Gasteiger partial charge is 0.454 e. The first kappa shape index (κ1) is 48.4. The van der Waals surface area contributed by atoms with E-state index < -0.39 is 24.2 Å². The third-order valence-electron chi connectivity index (χ3n) is 17.3. The van der Waals surface area contributed by atoms with Crippen LogP contribution in [0.5, 0.6) is 0 Å². The average Bonchev–Trinajstić information content (AvgIpc) is 3.75. The maximum Gasteiger partial charge on any atom is 0.159 e. The fraction of sp³-hybridized carbons (Fsp3) is 0.155. The first-order valence-electron chi connectivity index (χ1n) is 27.7. The second kappa shape index (κ2) is 17.3. The predicted molar refractivity (Wildman–Crippen MR) is 344 cm³/mol. The quantitative estimate of drug-likeness (QED) is 0.107. The molecule has 382 valence electrons. The fourth-order valence-electron chi connectivity index (χ4n) is 14.3. The van der Waals surface area contributed by atoms with Gasteiger partial charge in [-0.1, -0.05) is 203 Å². The Kier molecular flexibility index (Phi) is 10.7. The summed E-state index contributed by atoms with van der Waals surface area (Å²) in [5, 5.41) is 13.8. The van der Waals surface area contributed by atoms with Crippen LogP contribution in [0.25, 0.3) is 87.3 Å². The van der Waals surface area contributed by atoms with Crippen LogP contribution in [0.1, 0.15) is 16.7 Å². The van der Waals surface area contributed by atoms with E-state index in [-0.39, 0.29) is 4.66 Å². The Morgan fingerprint density at radius 1 is 0.359 bits per heavy atom. The van der Waals surface area contributed by atoms with E-state index in [1.54, 1.807) is 0 Å². The second-order valence-electron chi connectivity index (χ2n) is 25.0. The number of anilines is 6. The number of hydrogen-bond donors (Lipinski definition) is 0. The molecule has 0 saturated heterocycles. The van der Waals surface area contributed by atoms with Gasteiger partial charge in [-0.25, -0.2) is 0 Å². The van der Waals surface area contributed by atoms with Gasteiger partial charge in [-0.3, -0.25) is 0 Å². The van der Waals surface area contributed by atoms with Crippen LogP contribution in [0.2, 0.25) is 58.9 Å². The fourth-order valence-corrected chi connectivity index (χ4v) is 28.5. The molecule has 78 heavy (non-hydrogen) atoms. The Morgan fingerprint density at radius 3 is 1.38 bits per heavy atom. The molecule has 2 heterocycles. The summed E-state index contributed by atoms with van der Waals surface area (Å²) in [6.45, 7) is 25.3. The van der Waals surface area contributed by atoms with E-state index in [1.165, 1.54) is 65.3 Å². The van der Waals surface area contributed by atoms with Crippen LogP contribution in [0.4, 0.5) is 34.1 Å². The van der Waals surface area contributed by atoms with Gasteiger partial charge in [0.15, 0.2) is 11.2 Å². The normalized spacial score (nSPS) is 13.6. The van der Waals surface area contributed by atoms with E-state index in [1.807, 2.05) is 0 Å². The maximum atomic E-state index is 6.81. The van der Waals surface area contributed by atoms with Crippen molar-refractivity contribution in [3.05, 3.63) is 223 Å². The Balaban J connectivity index is 1.01. The molecule has 0 unspecified atom stereocenters. The maximum absolute atomic E-state index is 6.81. The average molecular weight is 1060 g/mol. The van der Waals surface area contributed by atoms with Crippen molar-refractivity contribution in [3.63, 3.8) is 0 Å². The Morgan fingerprint density at radius 2 is 0.833 bits per heavy atom. The number of fused-ring (bicyclic) bond motifs is 16. The third kappa shape index (κ3) is 7.07. The van der Waals surface area contributed by atoms with Crippen molar-refractivity contribution in [2.24, 2.45) is 0 Å². The molecule has 2 aromatic heterocycles. The van der Waals surface area contributed by atoms with E-state index in [0.29, 0.717) is 0 Å². The van der Waals surface area contributed by atoms with Gasteiger partial charge in [-0.2, -0.15) is 0 Å². The van der Waals surface area contributed by atoms with E-state index in [4.69, 9.17) is 8.83 Å². The zero-order valence-electron chi connectivity index (χ0n) is 46.3. The first-order chi connectivity index (χ1) is 37.5. The monoisotopic (exact) mass is 1060 g/mol. The van der Waals surface area contributed by atoms with Gasteiger partial charge < -0.3 is 18.6 Å². The van der Waals surface area contributed by atoms with Crippen LogP contribution in [0.3, 0.4) is 0 Å². The van der Waals surface area contributed by atoms with Gasteiger partial charge in [0.25, 0.3) is 0 Å². The molecule has 1 aliphatic carbocycles. The standard InChI is InChI=1S/C71H64N2O2Si3/c1-45-29-32-47(33-30-45)73(63-26-18-24-59-55-21-14-16-28-65(55)75-70(59)63)50-37-42-57-61(44-50)53-19-11-12-22-56(53)66-60-40-31-46-43-49(36-41-52(46)67(60)71(68(57)66,77(5,6)7)78(8,9)10)72(48-34-38-51(39-35-48)76(2,3)4)62-25-17-23-58-54-20-13-15-27-64(54)74-69(58)62/h11-44H,1-10H3. The lowest BCUT2D eigenvalue weighted by atomic mass is 9.91. The summed E-state index contributed by atoms with van der Waals surface area (Å²) in [7, 11) is -5.99. The van der Waals surface area contributed by atoms with E-state index >= 15 is 0 Å². The molecule has 0 bridgehead atoms. The van der Waals surface area contributed by atoms with Crippen LogP contribution in [0.15, 0.2) is 215 Å². The number of nitrogens with zero attached hydrogens (tertiary/aromatic N) is 2. The van der Waals surface area contributed by atoms with Crippen molar-refractivity contribution in [3.8, 4) is 11.1 Å². The van der Waals surface area contributed by atoms with Gasteiger partial charge in [0.2, 0.25) is 0 Å². The third-order valence-corrected chi connectivity index (χ3v) is 29.4. The van der Waals surface area contributed by atoms with E-state index in [2.05, 4.69) is 282 Å². The summed E-state index contributed by atoms with van der Waals surface area (Å²) >= 11 is 0. The Hall–Kier alpha value is -7.95. The minimum Gasteiger partial charge on any atom is -0.454 e. The summed E-state index contributed by atoms with van der Waals surface area (Å²) in [5.74, 6) is 0. The first-order valence-corrected chi connectivity index (χ1v) is 38.2. The van der Waals surface area contributed by atoms with Crippen LogP contribution >= 0.6 is 0 Å². The summed E-state index contributed by atoms with van der Waals surface area (Å²) < 4.78 is 13.4. The van der Waals surface area contributed by atoms with Crippen LogP contribution in [-0.4, -0.2) is 24.2 Å². The van der Waals surface area contributed by atoms with Gasteiger partial charge in [0.05, 0.1) is 35.6 Å². The van der Waals surface area contributed by atoms with Crippen molar-refractivity contribution >= 4 is 140 Å². The lowest BCUT2D eigenvalue weighted by Gasteiger charge is -2.52. The number of rotatable bonds is 9. The predicted octanol–water partition coefficient (Wildman–Crippen LogP) is 20.8. The smallest absolute Gasteiger partial charge is 0.159 e. The van der Waals surface area contributed by atoms with Crippen molar-refractivity contribution in [1.82, 2.24) is 0 Å². The van der Waals surface area contributed by atoms with Crippen molar-refractivity contribution in [1.29, 1.82) is 0 Å². The molecule has 7 heteroatoms. The molecule has 0 saturated carbocycles. The van der Waals surface area contributed by atoms with Crippen LogP contribution < -0.4 is 15.0 Å². The van der Waals surface area contributed by atoms with Crippen molar-refractivity contribution in [2.75, 3.05) is 9.80 Å². The second-order valence-corrected chi connectivity index (χ2v) is 41.1. The molecule has 11 aromatic carbocycles. The number of benzene rings is 11. The molecule has 14 rings (SSSR count). The van der Waals surface area contributed by atoms with Crippen LogP contribution in [-0.2, 0) is 4.66 Å². The number of hydrogen-bond acceptors (Lipinski definition) is 4. The molecular weight excluding hydrogens is 997 g/mol. The lowest BCUT2D eigenvalue weighted by Crippen LogP contribution is -2.63. The Bertz CT molecular complexity index is 4570. The summed E-state index contributed by atoms with van der Waals surface area (Å²) in [4.78, 5) is 4.84. The van der Waals surface area contributed by atoms with Gasteiger partial charge in [-0.05, 0) is 134 Å². The zero-order valence-corrected chi connectivity index (χ0v) is 49.3.